The van der Waals surface area contributed by atoms with Crippen LogP contribution in [0.25, 0.3) is 32.3 Å². The molecule has 0 bridgehead atoms. The summed E-state index contributed by atoms with van der Waals surface area (Å²) in [6.07, 6.45) is 4.73. The molecule has 0 radical (unpaired) electrons. The topological polar surface area (TPSA) is 60.4 Å². The van der Waals surface area contributed by atoms with Gasteiger partial charge >= 0.3 is 0 Å². The van der Waals surface area contributed by atoms with E-state index in [1.54, 1.807) is 18.5 Å². The standard InChI is InChI=1S/C21H13N3O2S/c25-21-19-17(18-9-4-10-26-18)12-27-20(19)22-13-24(21)23-11-15-7-3-6-14-5-1-2-8-16(14)15/h1-13H/b23-11-. The van der Waals surface area contributed by atoms with Crippen molar-refractivity contribution < 1.29 is 4.42 Å². The van der Waals surface area contributed by atoms with Gasteiger partial charge in [0.15, 0.2) is 0 Å². The molecule has 3 aromatic heterocycles. The molecule has 2 aromatic carbocycles. The number of thiophene rings is 1. The highest BCUT2D eigenvalue weighted by Gasteiger charge is 2.14. The monoisotopic (exact) mass is 371 g/mol. The van der Waals surface area contributed by atoms with Crippen LogP contribution < -0.4 is 5.56 Å². The normalized spacial score (nSPS) is 11.7. The van der Waals surface area contributed by atoms with Crippen LogP contribution in [-0.4, -0.2) is 15.9 Å². The van der Waals surface area contributed by atoms with E-state index in [1.807, 2.05) is 53.9 Å². The minimum absolute atomic E-state index is 0.218. The fourth-order valence-electron chi connectivity index (χ4n) is 3.11. The van der Waals surface area contributed by atoms with E-state index < -0.39 is 0 Å². The first-order valence-electron chi connectivity index (χ1n) is 8.36. The highest BCUT2D eigenvalue weighted by atomic mass is 32.1. The third-order valence-electron chi connectivity index (χ3n) is 4.41. The second-order valence-corrected chi connectivity index (χ2v) is 6.87. The summed E-state index contributed by atoms with van der Waals surface area (Å²) in [5.74, 6) is 0.649. The Labute approximate surface area is 157 Å². The Kier molecular flexibility index (Phi) is 3.69. The first-order valence-corrected chi connectivity index (χ1v) is 9.24. The molecule has 0 unspecified atom stereocenters. The zero-order valence-corrected chi connectivity index (χ0v) is 14.9. The minimum atomic E-state index is -0.218. The van der Waals surface area contributed by atoms with Crippen molar-refractivity contribution in [3.63, 3.8) is 0 Å². The zero-order chi connectivity index (χ0) is 18.2. The molecule has 27 heavy (non-hydrogen) atoms. The van der Waals surface area contributed by atoms with E-state index >= 15 is 0 Å². The van der Waals surface area contributed by atoms with E-state index in [4.69, 9.17) is 4.42 Å². The van der Waals surface area contributed by atoms with Gasteiger partial charge < -0.3 is 4.42 Å². The summed E-state index contributed by atoms with van der Waals surface area (Å²) in [5.41, 5.74) is 1.47. The lowest BCUT2D eigenvalue weighted by Crippen LogP contribution is -2.16. The van der Waals surface area contributed by atoms with Crippen molar-refractivity contribution in [2.24, 2.45) is 5.10 Å². The van der Waals surface area contributed by atoms with Crippen molar-refractivity contribution in [1.82, 2.24) is 9.66 Å². The molecule has 0 N–H and O–H groups in total. The average Bonchev–Trinajstić information content (AvgIpc) is 3.37. The lowest BCUT2D eigenvalue weighted by Gasteiger charge is -2.02. The molecule has 0 fully saturated rings. The summed E-state index contributed by atoms with van der Waals surface area (Å²) < 4.78 is 6.72. The van der Waals surface area contributed by atoms with E-state index in [9.17, 15) is 4.79 Å². The summed E-state index contributed by atoms with van der Waals surface area (Å²) in [6.45, 7) is 0. The number of furan rings is 1. The molecule has 0 aliphatic heterocycles. The second kappa shape index (κ2) is 6.34. The van der Waals surface area contributed by atoms with Gasteiger partial charge in [0.2, 0.25) is 0 Å². The van der Waals surface area contributed by atoms with Gasteiger partial charge in [-0.3, -0.25) is 4.79 Å². The Morgan fingerprint density at radius 3 is 2.85 bits per heavy atom. The van der Waals surface area contributed by atoms with Gasteiger partial charge in [-0.05, 0) is 22.9 Å². The number of aromatic nitrogens is 2. The first-order chi connectivity index (χ1) is 13.3. The Hall–Kier alpha value is -3.51. The summed E-state index contributed by atoms with van der Waals surface area (Å²) in [5, 5.41) is 8.98. The highest BCUT2D eigenvalue weighted by molar-refractivity contribution is 7.17. The van der Waals surface area contributed by atoms with Crippen LogP contribution in [0.4, 0.5) is 0 Å². The van der Waals surface area contributed by atoms with Gasteiger partial charge in [-0.25, -0.2) is 4.98 Å². The van der Waals surface area contributed by atoms with Crippen LogP contribution in [0.3, 0.4) is 0 Å². The molecule has 5 nitrogen and oxygen atoms in total. The van der Waals surface area contributed by atoms with Crippen LogP contribution in [0.1, 0.15) is 5.56 Å². The van der Waals surface area contributed by atoms with Crippen molar-refractivity contribution in [1.29, 1.82) is 0 Å². The number of rotatable bonds is 3. The molecule has 0 aliphatic carbocycles. The Morgan fingerprint density at radius 2 is 1.96 bits per heavy atom. The summed E-state index contributed by atoms with van der Waals surface area (Å²) in [4.78, 5) is 18.0. The fraction of sp³-hybridized carbons (Fsp3) is 0. The maximum atomic E-state index is 13.0. The van der Waals surface area contributed by atoms with Crippen LogP contribution in [0, 0.1) is 0 Å². The number of benzene rings is 2. The number of nitrogens with zero attached hydrogens (tertiary/aromatic N) is 3. The first kappa shape index (κ1) is 15.7. The van der Waals surface area contributed by atoms with Gasteiger partial charge in [-0.2, -0.15) is 9.78 Å². The summed E-state index contributed by atoms with van der Waals surface area (Å²) in [7, 11) is 0. The van der Waals surface area contributed by atoms with Gasteiger partial charge in [0.1, 0.15) is 16.9 Å². The third-order valence-corrected chi connectivity index (χ3v) is 5.30. The van der Waals surface area contributed by atoms with E-state index in [0.29, 0.717) is 16.0 Å². The maximum absolute atomic E-state index is 13.0. The quantitative estimate of drug-likeness (QED) is 0.430. The molecule has 130 valence electrons. The SMILES string of the molecule is O=c1c2c(-c3ccco3)csc2ncn1/N=C\c1cccc2ccccc12. The molecule has 0 saturated carbocycles. The summed E-state index contributed by atoms with van der Waals surface area (Å²) in [6, 6.07) is 17.7. The van der Waals surface area contributed by atoms with Crippen molar-refractivity contribution in [2.45, 2.75) is 0 Å². The molecule has 3 heterocycles. The largest absolute Gasteiger partial charge is 0.464 e. The Bertz CT molecular complexity index is 1340. The lowest BCUT2D eigenvalue weighted by atomic mass is 10.1. The number of hydrogen-bond acceptors (Lipinski definition) is 5. The lowest BCUT2D eigenvalue weighted by molar-refractivity contribution is 0.583. The molecular formula is C21H13N3O2S. The fourth-order valence-corrected chi connectivity index (χ4v) is 3.99. The molecule has 0 atom stereocenters. The number of fused-ring (bicyclic) bond motifs is 2. The number of hydrogen-bond donors (Lipinski definition) is 0. The molecule has 5 rings (SSSR count). The van der Waals surface area contributed by atoms with E-state index in [0.717, 1.165) is 21.9 Å². The van der Waals surface area contributed by atoms with Crippen LogP contribution in [0.5, 0.6) is 0 Å². The molecule has 0 spiro atoms. The van der Waals surface area contributed by atoms with Crippen molar-refractivity contribution in [3.8, 4) is 11.3 Å². The maximum Gasteiger partial charge on any atom is 0.283 e. The van der Waals surface area contributed by atoms with E-state index in [2.05, 4.69) is 10.1 Å². The molecule has 5 aromatic rings. The van der Waals surface area contributed by atoms with Crippen LogP contribution in [0.15, 0.2) is 86.9 Å². The Morgan fingerprint density at radius 1 is 1.07 bits per heavy atom. The zero-order valence-electron chi connectivity index (χ0n) is 14.1. The molecule has 0 saturated heterocycles. The van der Waals surface area contributed by atoms with Crippen molar-refractivity contribution >= 4 is 38.5 Å². The van der Waals surface area contributed by atoms with Crippen LogP contribution in [0.2, 0.25) is 0 Å². The summed E-state index contributed by atoms with van der Waals surface area (Å²) >= 11 is 1.42. The molecular weight excluding hydrogens is 358 g/mol. The predicted molar refractivity (Wildman–Crippen MR) is 109 cm³/mol. The highest BCUT2D eigenvalue weighted by Crippen LogP contribution is 2.30. The Balaban J connectivity index is 1.63. The van der Waals surface area contributed by atoms with Gasteiger partial charge in [0, 0.05) is 16.5 Å². The third kappa shape index (κ3) is 2.67. The van der Waals surface area contributed by atoms with E-state index in [1.165, 1.54) is 22.3 Å². The van der Waals surface area contributed by atoms with Gasteiger partial charge in [0.05, 0.1) is 17.9 Å². The molecule has 6 heteroatoms. The van der Waals surface area contributed by atoms with Crippen LogP contribution >= 0.6 is 11.3 Å². The molecule has 0 aliphatic rings. The van der Waals surface area contributed by atoms with E-state index in [-0.39, 0.29) is 5.56 Å². The van der Waals surface area contributed by atoms with Crippen LogP contribution in [-0.2, 0) is 0 Å². The van der Waals surface area contributed by atoms with Crippen molar-refractivity contribution in [2.75, 3.05) is 0 Å². The average molecular weight is 371 g/mol. The van der Waals surface area contributed by atoms with Gasteiger partial charge in [-0.1, -0.05) is 42.5 Å². The van der Waals surface area contributed by atoms with Gasteiger partial charge in [0.25, 0.3) is 5.56 Å². The second-order valence-electron chi connectivity index (χ2n) is 6.01. The molecule has 0 amide bonds. The van der Waals surface area contributed by atoms with Crippen molar-refractivity contribution in [3.05, 3.63) is 88.5 Å². The van der Waals surface area contributed by atoms with Gasteiger partial charge in [-0.15, -0.1) is 11.3 Å². The predicted octanol–water partition coefficient (Wildman–Crippen LogP) is 4.75. The smallest absolute Gasteiger partial charge is 0.283 e. The minimum Gasteiger partial charge on any atom is -0.464 e.